The smallest absolute Gasteiger partial charge is 0.240 e. The highest BCUT2D eigenvalue weighted by molar-refractivity contribution is 7.90. The van der Waals surface area contributed by atoms with E-state index in [2.05, 4.69) is 4.72 Å². The highest BCUT2D eigenvalue weighted by Gasteiger charge is 2.16. The molecular weight excluding hydrogens is 464 g/mol. The first-order chi connectivity index (χ1) is 14.5. The number of carbonyl (C=O) groups is 1. The number of carbonyl (C=O) groups excluding carboxylic acids is 1. The summed E-state index contributed by atoms with van der Waals surface area (Å²) < 4.78 is 55.5. The second kappa shape index (κ2) is 10.9. The predicted octanol–water partition coefficient (Wildman–Crippen LogP) is 2.34. The van der Waals surface area contributed by atoms with Crippen molar-refractivity contribution in [3.05, 3.63) is 53.6 Å². The van der Waals surface area contributed by atoms with Gasteiger partial charge in [0.2, 0.25) is 15.9 Å². The number of nitrogens with zero attached hydrogens (tertiary/aromatic N) is 1. The van der Waals surface area contributed by atoms with Crippen LogP contribution in [0.2, 0.25) is 5.02 Å². The van der Waals surface area contributed by atoms with E-state index < -0.39 is 19.9 Å². The van der Waals surface area contributed by atoms with Gasteiger partial charge in [-0.05, 0) is 42.8 Å². The zero-order chi connectivity index (χ0) is 23.1. The summed E-state index contributed by atoms with van der Waals surface area (Å²) in [6.07, 6.45) is 1.66. The average Bonchev–Trinajstić information content (AvgIpc) is 2.70. The van der Waals surface area contributed by atoms with Gasteiger partial charge in [0.1, 0.15) is 5.75 Å². The number of ether oxygens (including phenoxy) is 1. The molecule has 0 radical (unpaired) electrons. The summed E-state index contributed by atoms with van der Waals surface area (Å²) in [5.74, 6) is 0.222. The number of halogens is 1. The number of amides is 1. The van der Waals surface area contributed by atoms with Crippen LogP contribution in [-0.4, -0.2) is 60.6 Å². The van der Waals surface area contributed by atoms with E-state index >= 15 is 0 Å². The normalized spacial score (nSPS) is 11.8. The number of sulfone groups is 1. The van der Waals surface area contributed by atoms with Crippen LogP contribution in [0, 0.1) is 0 Å². The minimum absolute atomic E-state index is 0.00750. The van der Waals surface area contributed by atoms with Gasteiger partial charge in [0.15, 0.2) is 9.84 Å². The first kappa shape index (κ1) is 25.1. The van der Waals surface area contributed by atoms with Crippen molar-refractivity contribution in [1.29, 1.82) is 0 Å². The van der Waals surface area contributed by atoms with Crippen LogP contribution in [-0.2, 0) is 24.7 Å². The molecule has 0 fully saturated rings. The molecule has 8 nitrogen and oxygen atoms in total. The van der Waals surface area contributed by atoms with Crippen molar-refractivity contribution in [2.75, 3.05) is 33.0 Å². The molecule has 2 rings (SSSR count). The van der Waals surface area contributed by atoms with Crippen molar-refractivity contribution in [2.45, 2.75) is 22.6 Å². The van der Waals surface area contributed by atoms with Crippen LogP contribution in [0.5, 0.6) is 5.75 Å². The van der Waals surface area contributed by atoms with Crippen molar-refractivity contribution in [3.8, 4) is 5.75 Å². The number of hydrogen-bond acceptors (Lipinski definition) is 6. The molecule has 0 aliphatic carbocycles. The van der Waals surface area contributed by atoms with E-state index in [9.17, 15) is 21.6 Å². The van der Waals surface area contributed by atoms with E-state index in [1.807, 2.05) is 0 Å². The summed E-state index contributed by atoms with van der Waals surface area (Å²) >= 11 is 5.81. The lowest BCUT2D eigenvalue weighted by atomic mass is 10.3. The second-order valence-corrected chi connectivity index (χ2v) is 11.1. The molecule has 0 aliphatic rings. The lowest BCUT2D eigenvalue weighted by Gasteiger charge is -2.17. The summed E-state index contributed by atoms with van der Waals surface area (Å²) in [5.41, 5.74) is 0. The number of nitrogens with one attached hydrogen (secondary N) is 1. The Morgan fingerprint density at radius 3 is 2.42 bits per heavy atom. The summed E-state index contributed by atoms with van der Waals surface area (Å²) in [7, 11) is -5.42. The van der Waals surface area contributed by atoms with Gasteiger partial charge >= 0.3 is 0 Å². The van der Waals surface area contributed by atoms with Gasteiger partial charge in [0.05, 0.1) is 16.4 Å². The van der Waals surface area contributed by atoms with E-state index in [0.29, 0.717) is 30.3 Å². The third-order valence-corrected chi connectivity index (χ3v) is 7.11. The molecule has 31 heavy (non-hydrogen) atoms. The maximum atomic E-state index is 12.2. The molecule has 0 aliphatic heterocycles. The molecule has 170 valence electrons. The standard InChI is InChI=1S/C20H25ClN2O6S2/c1-23(12-5-13-29-17-7-4-8-18(15-17)30(2,25)26)20(24)10-11-22-31(27,28)19-9-3-6-16(21)14-19/h3-4,6-9,14-15,22H,5,10-13H2,1-2H3. The summed E-state index contributed by atoms with van der Waals surface area (Å²) in [4.78, 5) is 13.9. The lowest BCUT2D eigenvalue weighted by molar-refractivity contribution is -0.129. The Balaban J connectivity index is 1.73. The zero-order valence-corrected chi connectivity index (χ0v) is 19.6. The molecule has 0 spiro atoms. The highest BCUT2D eigenvalue weighted by Crippen LogP contribution is 2.17. The van der Waals surface area contributed by atoms with Crippen LogP contribution in [0.15, 0.2) is 58.3 Å². The second-order valence-electron chi connectivity index (χ2n) is 6.87. The fraction of sp³-hybridized carbons (Fsp3) is 0.350. The summed E-state index contributed by atoms with van der Waals surface area (Å²) in [6, 6.07) is 12.1. The Morgan fingerprint density at radius 1 is 1.06 bits per heavy atom. The van der Waals surface area contributed by atoms with Crippen molar-refractivity contribution in [3.63, 3.8) is 0 Å². The lowest BCUT2D eigenvalue weighted by Crippen LogP contribution is -2.33. The Labute approximate surface area is 188 Å². The fourth-order valence-corrected chi connectivity index (χ4v) is 4.60. The SMILES string of the molecule is CN(CCCOc1cccc(S(C)(=O)=O)c1)C(=O)CCNS(=O)(=O)c1cccc(Cl)c1. The van der Waals surface area contributed by atoms with Crippen molar-refractivity contribution < 1.29 is 26.4 Å². The molecule has 0 atom stereocenters. The Kier molecular flexibility index (Phi) is 8.87. The van der Waals surface area contributed by atoms with Crippen LogP contribution >= 0.6 is 11.6 Å². The minimum atomic E-state index is -3.74. The molecule has 1 N–H and O–H groups in total. The zero-order valence-electron chi connectivity index (χ0n) is 17.2. The van der Waals surface area contributed by atoms with Crippen LogP contribution in [0.25, 0.3) is 0 Å². The average molecular weight is 489 g/mol. The Morgan fingerprint density at radius 2 is 1.74 bits per heavy atom. The number of sulfonamides is 1. The van der Waals surface area contributed by atoms with Gasteiger partial charge in [0, 0.05) is 37.8 Å². The number of hydrogen-bond donors (Lipinski definition) is 1. The molecule has 0 aromatic heterocycles. The maximum absolute atomic E-state index is 12.2. The first-order valence-corrected chi connectivity index (χ1v) is 13.2. The van der Waals surface area contributed by atoms with E-state index in [1.54, 1.807) is 25.2 Å². The summed E-state index contributed by atoms with van der Waals surface area (Å²) in [5, 5.41) is 0.309. The van der Waals surface area contributed by atoms with Gasteiger partial charge in [0.25, 0.3) is 0 Å². The fourth-order valence-electron chi connectivity index (χ4n) is 2.61. The third kappa shape index (κ3) is 8.13. The van der Waals surface area contributed by atoms with Gasteiger partial charge < -0.3 is 9.64 Å². The largest absolute Gasteiger partial charge is 0.493 e. The van der Waals surface area contributed by atoms with E-state index in [0.717, 1.165) is 6.26 Å². The quantitative estimate of drug-likeness (QED) is 0.486. The molecular formula is C20H25ClN2O6S2. The van der Waals surface area contributed by atoms with Gasteiger partial charge in [-0.2, -0.15) is 0 Å². The molecule has 0 saturated carbocycles. The van der Waals surface area contributed by atoms with Crippen LogP contribution in [0.1, 0.15) is 12.8 Å². The molecule has 1 amide bonds. The predicted molar refractivity (Wildman–Crippen MR) is 119 cm³/mol. The molecule has 0 unspecified atom stereocenters. The molecule has 11 heteroatoms. The minimum Gasteiger partial charge on any atom is -0.493 e. The van der Waals surface area contributed by atoms with Gasteiger partial charge in [-0.1, -0.05) is 23.7 Å². The molecule has 0 saturated heterocycles. The van der Waals surface area contributed by atoms with Gasteiger partial charge in [-0.15, -0.1) is 0 Å². The molecule has 0 heterocycles. The van der Waals surface area contributed by atoms with Gasteiger partial charge in [-0.25, -0.2) is 21.6 Å². The topological polar surface area (TPSA) is 110 Å². The first-order valence-electron chi connectivity index (χ1n) is 9.41. The number of rotatable bonds is 11. The van der Waals surface area contributed by atoms with Crippen molar-refractivity contribution in [2.24, 2.45) is 0 Å². The number of benzene rings is 2. The van der Waals surface area contributed by atoms with E-state index in [4.69, 9.17) is 16.3 Å². The molecule has 2 aromatic rings. The maximum Gasteiger partial charge on any atom is 0.240 e. The van der Waals surface area contributed by atoms with Crippen molar-refractivity contribution in [1.82, 2.24) is 9.62 Å². The van der Waals surface area contributed by atoms with Crippen molar-refractivity contribution >= 4 is 37.4 Å². The Hall–Kier alpha value is -2.14. The van der Waals surface area contributed by atoms with Gasteiger partial charge in [-0.3, -0.25) is 4.79 Å². The van der Waals surface area contributed by atoms with E-state index in [-0.39, 0.29) is 28.7 Å². The van der Waals surface area contributed by atoms with E-state index in [1.165, 1.54) is 35.2 Å². The van der Waals surface area contributed by atoms with Crippen LogP contribution in [0.4, 0.5) is 0 Å². The Bertz CT molecular complexity index is 1120. The monoisotopic (exact) mass is 488 g/mol. The van der Waals surface area contributed by atoms with Crippen LogP contribution in [0.3, 0.4) is 0 Å². The van der Waals surface area contributed by atoms with Crippen LogP contribution < -0.4 is 9.46 Å². The molecule has 0 bridgehead atoms. The summed E-state index contributed by atoms with van der Waals surface area (Å²) in [6.45, 7) is 0.671. The highest BCUT2D eigenvalue weighted by atomic mass is 35.5. The molecule has 2 aromatic carbocycles. The third-order valence-electron chi connectivity index (χ3n) is 4.30.